The molecule has 5 rings (SSSR count). The van der Waals surface area contributed by atoms with Gasteiger partial charge >= 0.3 is 0 Å². The summed E-state index contributed by atoms with van der Waals surface area (Å²) < 4.78 is 12.5. The highest BCUT2D eigenvalue weighted by molar-refractivity contribution is 6.07. The van der Waals surface area contributed by atoms with Crippen LogP contribution in [0.3, 0.4) is 0 Å². The van der Waals surface area contributed by atoms with Crippen molar-refractivity contribution in [2.75, 3.05) is 13.7 Å². The van der Waals surface area contributed by atoms with Gasteiger partial charge in [-0.05, 0) is 74.6 Å². The Balaban J connectivity index is 1.62. The number of ether oxygens (including phenoxy) is 2. The SMILES string of the molecule is Cc1ccc(C#N)cc1-c1ccc2c(c1)[C@]1(C[C@H](C3CCOC(C)(C)C3)O2)N=C(N)N(C)C1=O. The summed E-state index contributed by atoms with van der Waals surface area (Å²) in [6.45, 7) is 6.88. The molecule has 2 aromatic rings. The van der Waals surface area contributed by atoms with Crippen molar-refractivity contribution in [3.05, 3.63) is 53.1 Å². The van der Waals surface area contributed by atoms with Gasteiger partial charge in [0.25, 0.3) is 5.91 Å². The number of amides is 1. The topological polar surface area (TPSA) is 101 Å². The van der Waals surface area contributed by atoms with Gasteiger partial charge in [-0.15, -0.1) is 0 Å². The quantitative estimate of drug-likeness (QED) is 0.736. The molecule has 2 aromatic carbocycles. The van der Waals surface area contributed by atoms with Gasteiger partial charge in [-0.25, -0.2) is 4.99 Å². The Morgan fingerprint density at radius 1 is 1.21 bits per heavy atom. The van der Waals surface area contributed by atoms with Crippen LogP contribution >= 0.6 is 0 Å². The lowest BCUT2D eigenvalue weighted by Crippen LogP contribution is -2.49. The van der Waals surface area contributed by atoms with E-state index >= 15 is 0 Å². The Kier molecular flexibility index (Phi) is 5.18. The number of hydrogen-bond acceptors (Lipinski definition) is 6. The van der Waals surface area contributed by atoms with Crippen molar-refractivity contribution in [1.82, 2.24) is 4.90 Å². The van der Waals surface area contributed by atoms with Crippen LogP contribution in [0.25, 0.3) is 11.1 Å². The number of nitriles is 1. The number of aliphatic imine (C=N–C) groups is 1. The van der Waals surface area contributed by atoms with Crippen LogP contribution in [0.1, 0.15) is 49.8 Å². The van der Waals surface area contributed by atoms with Crippen molar-refractivity contribution in [2.24, 2.45) is 16.6 Å². The Morgan fingerprint density at radius 2 is 2.00 bits per heavy atom. The fraction of sp³-hybridized carbons (Fsp3) is 0.444. The normalized spacial score (nSPS) is 27.7. The third kappa shape index (κ3) is 3.54. The highest BCUT2D eigenvalue weighted by Crippen LogP contribution is 2.50. The average Bonchev–Trinajstić information content (AvgIpc) is 3.02. The van der Waals surface area contributed by atoms with Gasteiger partial charge in [0.1, 0.15) is 11.9 Å². The number of nitrogens with two attached hydrogens (primary N) is 1. The molecule has 0 saturated carbocycles. The van der Waals surface area contributed by atoms with Gasteiger partial charge in [0.15, 0.2) is 11.5 Å². The van der Waals surface area contributed by atoms with Crippen LogP contribution < -0.4 is 10.5 Å². The van der Waals surface area contributed by atoms with E-state index in [-0.39, 0.29) is 29.5 Å². The number of hydrogen-bond donors (Lipinski definition) is 1. The first-order valence-electron chi connectivity index (χ1n) is 11.7. The molecule has 3 atom stereocenters. The summed E-state index contributed by atoms with van der Waals surface area (Å²) in [5.41, 5.74) is 9.05. The summed E-state index contributed by atoms with van der Waals surface area (Å²) in [6.07, 6.45) is 1.99. The van der Waals surface area contributed by atoms with Crippen LogP contribution in [0.2, 0.25) is 0 Å². The summed E-state index contributed by atoms with van der Waals surface area (Å²) in [6, 6.07) is 13.7. The Hall–Kier alpha value is -3.37. The van der Waals surface area contributed by atoms with Crippen molar-refractivity contribution in [1.29, 1.82) is 5.26 Å². The molecule has 7 nitrogen and oxygen atoms in total. The zero-order valence-corrected chi connectivity index (χ0v) is 20.1. The lowest BCUT2D eigenvalue weighted by molar-refractivity contribution is -0.134. The minimum absolute atomic E-state index is 0.134. The second-order valence-electron chi connectivity index (χ2n) is 10.3. The standard InChI is InChI=1S/C27H30N4O3/c1-16-5-6-17(15-28)11-20(16)18-7-8-22-21(12-18)27(24(32)31(4)25(29)30-27)14-23(34-22)19-9-10-33-26(2,3)13-19/h5-8,11-12,19,23H,9-10,13-14H2,1-4H3,(H2,29,30)/t19?,23-,27+/m1/s1. The molecule has 0 bridgehead atoms. The van der Waals surface area contributed by atoms with Crippen molar-refractivity contribution in [2.45, 2.75) is 57.3 Å². The molecule has 3 aliphatic rings. The number of carbonyl (C=O) groups is 1. The number of aryl methyl sites for hydroxylation is 1. The van der Waals surface area contributed by atoms with Gasteiger partial charge < -0.3 is 15.2 Å². The molecular formula is C27H30N4O3. The molecule has 34 heavy (non-hydrogen) atoms. The summed E-state index contributed by atoms with van der Waals surface area (Å²) in [4.78, 5) is 19.8. The molecule has 3 aliphatic heterocycles. The van der Waals surface area contributed by atoms with Gasteiger partial charge in [0, 0.05) is 31.6 Å². The number of likely N-dealkylation sites (N-methyl/N-ethyl adjacent to an activating group) is 1. The predicted molar refractivity (Wildman–Crippen MR) is 129 cm³/mol. The van der Waals surface area contributed by atoms with E-state index in [2.05, 4.69) is 19.9 Å². The zero-order chi connectivity index (χ0) is 24.3. The highest BCUT2D eigenvalue weighted by atomic mass is 16.5. The zero-order valence-electron chi connectivity index (χ0n) is 20.1. The van der Waals surface area contributed by atoms with E-state index in [0.29, 0.717) is 24.3 Å². The second kappa shape index (κ2) is 7.85. The number of rotatable bonds is 2. The van der Waals surface area contributed by atoms with Gasteiger partial charge in [-0.1, -0.05) is 12.1 Å². The van der Waals surface area contributed by atoms with E-state index in [1.807, 2.05) is 43.3 Å². The van der Waals surface area contributed by atoms with Crippen LogP contribution in [-0.4, -0.2) is 42.1 Å². The fourth-order valence-electron chi connectivity index (χ4n) is 5.60. The van der Waals surface area contributed by atoms with E-state index in [4.69, 9.17) is 20.2 Å². The Bertz CT molecular complexity index is 1240. The molecule has 1 spiro atoms. The van der Waals surface area contributed by atoms with Crippen LogP contribution in [-0.2, 0) is 15.1 Å². The third-order valence-electron chi connectivity index (χ3n) is 7.45. The summed E-state index contributed by atoms with van der Waals surface area (Å²) in [7, 11) is 1.67. The number of fused-ring (bicyclic) bond motifs is 2. The van der Waals surface area contributed by atoms with Crippen molar-refractivity contribution < 1.29 is 14.3 Å². The maximum Gasteiger partial charge on any atom is 0.261 e. The first kappa shape index (κ1) is 22.4. The van der Waals surface area contributed by atoms with E-state index in [9.17, 15) is 10.1 Å². The molecule has 2 N–H and O–H groups in total. The van der Waals surface area contributed by atoms with E-state index in [1.165, 1.54) is 4.90 Å². The lowest BCUT2D eigenvalue weighted by Gasteiger charge is -2.44. The smallest absolute Gasteiger partial charge is 0.261 e. The first-order valence-corrected chi connectivity index (χ1v) is 11.7. The predicted octanol–water partition coefficient (Wildman–Crippen LogP) is 3.87. The minimum atomic E-state index is -1.11. The monoisotopic (exact) mass is 458 g/mol. The maximum absolute atomic E-state index is 13.6. The summed E-state index contributed by atoms with van der Waals surface area (Å²) >= 11 is 0. The minimum Gasteiger partial charge on any atom is -0.490 e. The molecule has 0 aromatic heterocycles. The molecule has 1 saturated heterocycles. The molecule has 1 fully saturated rings. The van der Waals surface area contributed by atoms with E-state index in [0.717, 1.165) is 35.1 Å². The number of carbonyl (C=O) groups excluding carboxylic acids is 1. The molecular weight excluding hydrogens is 428 g/mol. The lowest BCUT2D eigenvalue weighted by atomic mass is 9.74. The summed E-state index contributed by atoms with van der Waals surface area (Å²) in [5, 5.41) is 9.38. The largest absolute Gasteiger partial charge is 0.490 e. The van der Waals surface area contributed by atoms with Crippen LogP contribution in [0.4, 0.5) is 0 Å². The van der Waals surface area contributed by atoms with E-state index < -0.39 is 5.54 Å². The second-order valence-corrected chi connectivity index (χ2v) is 10.3. The third-order valence-corrected chi connectivity index (χ3v) is 7.45. The molecule has 1 unspecified atom stereocenters. The number of nitrogens with zero attached hydrogens (tertiary/aromatic N) is 3. The molecule has 0 aliphatic carbocycles. The Morgan fingerprint density at radius 3 is 2.68 bits per heavy atom. The van der Waals surface area contributed by atoms with Gasteiger partial charge in [0.2, 0.25) is 0 Å². The number of guanidine groups is 1. The van der Waals surface area contributed by atoms with Crippen molar-refractivity contribution in [3.63, 3.8) is 0 Å². The maximum atomic E-state index is 13.6. The molecule has 176 valence electrons. The average molecular weight is 459 g/mol. The van der Waals surface area contributed by atoms with Crippen molar-refractivity contribution >= 4 is 11.9 Å². The van der Waals surface area contributed by atoms with Crippen LogP contribution in [0.5, 0.6) is 5.75 Å². The number of benzene rings is 2. The van der Waals surface area contributed by atoms with E-state index in [1.54, 1.807) is 7.05 Å². The summed E-state index contributed by atoms with van der Waals surface area (Å²) in [5.74, 6) is 0.999. The van der Waals surface area contributed by atoms with Gasteiger partial charge in [0.05, 0.1) is 17.2 Å². The van der Waals surface area contributed by atoms with Crippen LogP contribution in [0.15, 0.2) is 41.4 Å². The van der Waals surface area contributed by atoms with Gasteiger partial charge in [-0.3, -0.25) is 9.69 Å². The van der Waals surface area contributed by atoms with Gasteiger partial charge in [-0.2, -0.15) is 5.26 Å². The fourth-order valence-corrected chi connectivity index (χ4v) is 5.60. The molecule has 3 heterocycles. The molecule has 1 amide bonds. The van der Waals surface area contributed by atoms with Crippen molar-refractivity contribution in [3.8, 4) is 22.9 Å². The molecule has 0 radical (unpaired) electrons. The molecule has 7 heteroatoms. The van der Waals surface area contributed by atoms with Crippen LogP contribution in [0, 0.1) is 24.2 Å². The highest BCUT2D eigenvalue weighted by Gasteiger charge is 2.55. The first-order chi connectivity index (χ1) is 16.1. The Labute approximate surface area is 200 Å².